The number of rotatable bonds is 3. The Morgan fingerprint density at radius 1 is 1.41 bits per heavy atom. The van der Waals surface area contributed by atoms with Crippen molar-refractivity contribution in [2.75, 3.05) is 0 Å². The lowest BCUT2D eigenvalue weighted by Gasteiger charge is -2.22. The highest BCUT2D eigenvalue weighted by atomic mass is 16.5. The van der Waals surface area contributed by atoms with E-state index in [0.717, 1.165) is 25.7 Å². The fourth-order valence-electron chi connectivity index (χ4n) is 1.94. The molecule has 0 radical (unpaired) electrons. The van der Waals surface area contributed by atoms with Crippen molar-refractivity contribution in [1.29, 1.82) is 0 Å². The van der Waals surface area contributed by atoms with E-state index in [1.807, 2.05) is 0 Å². The third-order valence-corrected chi connectivity index (χ3v) is 2.80. The molecule has 92 valence electrons. The zero-order valence-electron chi connectivity index (χ0n) is 9.43. The summed E-state index contributed by atoms with van der Waals surface area (Å²) in [4.78, 5) is 18.5. The lowest BCUT2D eigenvalue weighted by molar-refractivity contribution is 0.0987. The Bertz CT molecular complexity index is 416. The number of nitrogens with zero attached hydrogens (tertiary/aromatic N) is 2. The van der Waals surface area contributed by atoms with Crippen LogP contribution in [0.4, 0.5) is 0 Å². The summed E-state index contributed by atoms with van der Waals surface area (Å²) in [6.45, 7) is 0. The van der Waals surface area contributed by atoms with Crippen molar-refractivity contribution in [2.24, 2.45) is 5.73 Å². The zero-order valence-corrected chi connectivity index (χ0v) is 9.43. The minimum atomic E-state index is -0.816. The predicted molar refractivity (Wildman–Crippen MR) is 59.7 cm³/mol. The molecule has 1 heterocycles. The smallest absolute Gasteiger partial charge is 0.273 e. The van der Waals surface area contributed by atoms with Crippen LogP contribution in [-0.4, -0.2) is 27.1 Å². The van der Waals surface area contributed by atoms with Crippen LogP contribution in [0.25, 0.3) is 0 Å². The maximum absolute atomic E-state index is 11.0. The van der Waals surface area contributed by atoms with Crippen LogP contribution in [0.15, 0.2) is 6.20 Å². The molecule has 1 fully saturated rings. The summed E-state index contributed by atoms with van der Waals surface area (Å²) >= 11 is 0. The largest absolute Gasteiger partial charge is 0.492 e. The first-order chi connectivity index (χ1) is 8.16. The van der Waals surface area contributed by atoms with E-state index in [1.165, 1.54) is 12.6 Å². The second-order valence-electron chi connectivity index (χ2n) is 4.12. The molecule has 1 aromatic heterocycles. The maximum Gasteiger partial charge on any atom is 0.273 e. The van der Waals surface area contributed by atoms with Crippen molar-refractivity contribution in [3.05, 3.63) is 11.9 Å². The number of aromatic hydroxyl groups is 1. The topological polar surface area (TPSA) is 98.3 Å². The Balaban J connectivity index is 2.10. The molecule has 0 spiro atoms. The molecular formula is C11H15N3O3. The normalized spacial score (nSPS) is 16.7. The van der Waals surface area contributed by atoms with Gasteiger partial charge in [0.2, 0.25) is 11.8 Å². The average Bonchev–Trinajstić information content (AvgIpc) is 2.32. The molecule has 1 aromatic rings. The Morgan fingerprint density at radius 2 is 2.12 bits per heavy atom. The first-order valence-electron chi connectivity index (χ1n) is 5.69. The van der Waals surface area contributed by atoms with Gasteiger partial charge in [0, 0.05) is 0 Å². The molecule has 1 aliphatic carbocycles. The van der Waals surface area contributed by atoms with Crippen molar-refractivity contribution in [2.45, 2.75) is 38.2 Å². The number of amides is 1. The standard InChI is InChI=1S/C11H15N3O3/c12-10(15)9-11(16)13-6-8(14-9)17-7-4-2-1-3-5-7/h6-7H,1-5H2,(H2,12,15)(H,13,16). The number of nitrogens with two attached hydrogens (primary N) is 1. The van der Waals surface area contributed by atoms with E-state index in [9.17, 15) is 9.90 Å². The molecular weight excluding hydrogens is 222 g/mol. The van der Waals surface area contributed by atoms with Crippen molar-refractivity contribution < 1.29 is 14.6 Å². The van der Waals surface area contributed by atoms with Crippen molar-refractivity contribution in [3.63, 3.8) is 0 Å². The highest BCUT2D eigenvalue weighted by Gasteiger charge is 2.18. The van der Waals surface area contributed by atoms with Gasteiger partial charge in [-0.3, -0.25) is 4.79 Å². The molecule has 2 rings (SSSR count). The fraction of sp³-hybridized carbons (Fsp3) is 0.545. The summed E-state index contributed by atoms with van der Waals surface area (Å²) in [5.74, 6) is -1.04. The molecule has 0 aliphatic heterocycles. The van der Waals surface area contributed by atoms with E-state index >= 15 is 0 Å². The molecule has 0 atom stereocenters. The summed E-state index contributed by atoms with van der Waals surface area (Å²) in [7, 11) is 0. The van der Waals surface area contributed by atoms with Crippen LogP contribution in [0.3, 0.4) is 0 Å². The number of carbonyl (C=O) groups excluding carboxylic acids is 1. The monoisotopic (exact) mass is 237 g/mol. The molecule has 6 heteroatoms. The van der Waals surface area contributed by atoms with Crippen LogP contribution in [-0.2, 0) is 0 Å². The number of ether oxygens (including phenoxy) is 1. The molecule has 0 aromatic carbocycles. The molecule has 0 bridgehead atoms. The van der Waals surface area contributed by atoms with Crippen LogP contribution >= 0.6 is 0 Å². The van der Waals surface area contributed by atoms with Crippen molar-refractivity contribution in [1.82, 2.24) is 9.97 Å². The minimum absolute atomic E-state index is 0.114. The summed E-state index contributed by atoms with van der Waals surface area (Å²) in [6, 6.07) is 0. The summed E-state index contributed by atoms with van der Waals surface area (Å²) in [5, 5.41) is 9.28. The molecule has 1 aliphatic rings. The van der Waals surface area contributed by atoms with Gasteiger partial charge in [0.1, 0.15) is 6.10 Å². The Morgan fingerprint density at radius 3 is 2.76 bits per heavy atom. The van der Waals surface area contributed by atoms with Gasteiger partial charge in [0.25, 0.3) is 5.91 Å². The second kappa shape index (κ2) is 4.99. The van der Waals surface area contributed by atoms with E-state index in [-0.39, 0.29) is 17.7 Å². The van der Waals surface area contributed by atoms with E-state index in [1.54, 1.807) is 0 Å². The first-order valence-corrected chi connectivity index (χ1v) is 5.69. The highest BCUT2D eigenvalue weighted by molar-refractivity contribution is 5.92. The SMILES string of the molecule is NC(=O)c1nc(OC2CCCCC2)cnc1O. The Kier molecular flexibility index (Phi) is 3.41. The third-order valence-electron chi connectivity index (χ3n) is 2.80. The third kappa shape index (κ3) is 2.83. The lowest BCUT2D eigenvalue weighted by atomic mass is 9.98. The molecule has 0 saturated heterocycles. The van der Waals surface area contributed by atoms with Gasteiger partial charge in [-0.2, -0.15) is 0 Å². The van der Waals surface area contributed by atoms with E-state index in [2.05, 4.69) is 9.97 Å². The molecule has 1 saturated carbocycles. The Hall–Kier alpha value is -1.85. The second-order valence-corrected chi connectivity index (χ2v) is 4.12. The van der Waals surface area contributed by atoms with Gasteiger partial charge in [-0.05, 0) is 25.7 Å². The van der Waals surface area contributed by atoms with Gasteiger partial charge < -0.3 is 15.6 Å². The number of primary amides is 1. The molecule has 6 nitrogen and oxygen atoms in total. The number of aromatic nitrogens is 2. The van der Waals surface area contributed by atoms with Crippen LogP contribution < -0.4 is 10.5 Å². The Labute approximate surface area is 98.8 Å². The quantitative estimate of drug-likeness (QED) is 0.816. The van der Waals surface area contributed by atoms with Crippen LogP contribution in [0.2, 0.25) is 0 Å². The zero-order chi connectivity index (χ0) is 12.3. The molecule has 17 heavy (non-hydrogen) atoms. The van der Waals surface area contributed by atoms with Crippen LogP contribution in [0.5, 0.6) is 11.8 Å². The van der Waals surface area contributed by atoms with Gasteiger partial charge in [-0.1, -0.05) is 6.42 Å². The van der Waals surface area contributed by atoms with Gasteiger partial charge in [0.15, 0.2) is 5.69 Å². The van der Waals surface area contributed by atoms with Crippen molar-refractivity contribution in [3.8, 4) is 11.8 Å². The summed E-state index contributed by atoms with van der Waals surface area (Å²) in [5.41, 5.74) is 4.81. The van der Waals surface area contributed by atoms with Gasteiger partial charge in [-0.25, -0.2) is 9.97 Å². The van der Waals surface area contributed by atoms with Crippen LogP contribution in [0, 0.1) is 0 Å². The van der Waals surface area contributed by atoms with Crippen LogP contribution in [0.1, 0.15) is 42.6 Å². The van der Waals surface area contributed by atoms with Gasteiger partial charge in [-0.15, -0.1) is 0 Å². The number of hydrogen-bond donors (Lipinski definition) is 2. The number of hydrogen-bond acceptors (Lipinski definition) is 5. The molecule has 3 N–H and O–H groups in total. The first kappa shape index (κ1) is 11.6. The minimum Gasteiger partial charge on any atom is -0.492 e. The van der Waals surface area contributed by atoms with Gasteiger partial charge >= 0.3 is 0 Å². The highest BCUT2D eigenvalue weighted by Crippen LogP contribution is 2.23. The maximum atomic E-state index is 11.0. The predicted octanol–water partition coefficient (Wildman–Crippen LogP) is 0.993. The average molecular weight is 237 g/mol. The van der Waals surface area contributed by atoms with Gasteiger partial charge in [0.05, 0.1) is 6.20 Å². The summed E-state index contributed by atoms with van der Waals surface area (Å²) in [6.07, 6.45) is 6.88. The fourth-order valence-corrected chi connectivity index (χ4v) is 1.94. The number of carbonyl (C=O) groups is 1. The van der Waals surface area contributed by atoms with E-state index in [4.69, 9.17) is 10.5 Å². The van der Waals surface area contributed by atoms with E-state index in [0.29, 0.717) is 0 Å². The van der Waals surface area contributed by atoms with Crippen molar-refractivity contribution >= 4 is 5.91 Å². The molecule has 1 amide bonds. The summed E-state index contributed by atoms with van der Waals surface area (Å²) < 4.78 is 5.61. The molecule has 0 unspecified atom stereocenters. The van der Waals surface area contributed by atoms with E-state index < -0.39 is 11.8 Å². The lowest BCUT2D eigenvalue weighted by Crippen LogP contribution is -2.21.